The van der Waals surface area contributed by atoms with E-state index in [1.54, 1.807) is 6.08 Å². The molecule has 3 rings (SSSR count). The Morgan fingerprint density at radius 1 is 1.12 bits per heavy atom. The predicted molar refractivity (Wildman–Crippen MR) is 100 cm³/mol. The van der Waals surface area contributed by atoms with Crippen LogP contribution in [0.25, 0.3) is 28.2 Å². The fraction of sp³-hybridized carbons (Fsp3) is 0.143. The number of carbonyl (C=O) groups is 1. The lowest BCUT2D eigenvalue weighted by atomic mass is 10.0. The van der Waals surface area contributed by atoms with Crippen molar-refractivity contribution < 1.29 is 14.3 Å². The summed E-state index contributed by atoms with van der Waals surface area (Å²) in [6.45, 7) is 0.389. The van der Waals surface area contributed by atoms with Gasteiger partial charge < -0.3 is 14.5 Å². The first-order valence-electron chi connectivity index (χ1n) is 8.18. The van der Waals surface area contributed by atoms with Crippen molar-refractivity contribution in [1.82, 2.24) is 4.98 Å². The lowest BCUT2D eigenvalue weighted by Gasteiger charge is -2.04. The number of carbonyl (C=O) groups excluding carboxylic acids is 1. The molecule has 0 saturated carbocycles. The van der Waals surface area contributed by atoms with Gasteiger partial charge >= 0.3 is 5.97 Å². The number of hydrogen-bond acceptors (Lipinski definition) is 4. The third kappa shape index (κ3) is 3.66. The first-order valence-corrected chi connectivity index (χ1v) is 8.18. The molecular formula is C21H18N2O3. The molecule has 1 N–H and O–H groups in total. The summed E-state index contributed by atoms with van der Waals surface area (Å²) in [4.78, 5) is 15.6. The Hall–Kier alpha value is -3.36. The zero-order chi connectivity index (χ0) is 18.4. The van der Waals surface area contributed by atoms with Crippen LogP contribution < -0.4 is 0 Å². The first-order chi connectivity index (χ1) is 12.7. The number of fused-ring (bicyclic) bond motifs is 1. The number of aromatic amines is 1. The zero-order valence-electron chi connectivity index (χ0n) is 14.4. The van der Waals surface area contributed by atoms with Crippen molar-refractivity contribution in [2.45, 2.75) is 0 Å². The number of aromatic nitrogens is 1. The van der Waals surface area contributed by atoms with Crippen LogP contribution in [-0.4, -0.2) is 31.3 Å². The van der Waals surface area contributed by atoms with Gasteiger partial charge in [-0.2, -0.15) is 5.26 Å². The van der Waals surface area contributed by atoms with Crippen LogP contribution >= 0.6 is 0 Å². The van der Waals surface area contributed by atoms with Gasteiger partial charge in [-0.1, -0.05) is 48.5 Å². The summed E-state index contributed by atoms with van der Waals surface area (Å²) < 4.78 is 9.94. The van der Waals surface area contributed by atoms with Crippen LogP contribution in [0.5, 0.6) is 0 Å². The number of H-pyrrole nitrogens is 1. The molecule has 0 atom stereocenters. The highest BCUT2D eigenvalue weighted by Gasteiger charge is 2.16. The van der Waals surface area contributed by atoms with E-state index in [0.717, 1.165) is 27.7 Å². The minimum Gasteiger partial charge on any atom is -0.459 e. The van der Waals surface area contributed by atoms with E-state index >= 15 is 0 Å². The lowest BCUT2D eigenvalue weighted by Crippen LogP contribution is -2.11. The molecule has 0 bridgehead atoms. The van der Waals surface area contributed by atoms with Gasteiger partial charge in [-0.25, -0.2) is 4.79 Å². The Morgan fingerprint density at radius 3 is 2.58 bits per heavy atom. The van der Waals surface area contributed by atoms with E-state index in [1.807, 2.05) is 60.7 Å². The van der Waals surface area contributed by atoms with E-state index in [9.17, 15) is 10.1 Å². The van der Waals surface area contributed by atoms with Crippen molar-refractivity contribution in [1.29, 1.82) is 5.26 Å². The smallest absolute Gasteiger partial charge is 0.348 e. The molecule has 2 aromatic carbocycles. The summed E-state index contributed by atoms with van der Waals surface area (Å²) in [6, 6.07) is 19.5. The van der Waals surface area contributed by atoms with E-state index in [-0.39, 0.29) is 18.8 Å². The van der Waals surface area contributed by atoms with Crippen molar-refractivity contribution in [3.8, 4) is 17.3 Å². The maximum Gasteiger partial charge on any atom is 0.348 e. The standard InChI is InChI=1S/C21H18N2O3/c1-25-11-12-26-21(24)16(14-22)13-18-17-9-5-6-10-19(17)23-20(18)15-7-3-2-4-8-15/h2-10,13,23H,11-12H2,1H3/b16-13+. The molecule has 26 heavy (non-hydrogen) atoms. The van der Waals surface area contributed by atoms with Crippen molar-refractivity contribution in [3.63, 3.8) is 0 Å². The van der Waals surface area contributed by atoms with Gasteiger partial charge in [-0.15, -0.1) is 0 Å². The summed E-state index contributed by atoms with van der Waals surface area (Å²) in [5.74, 6) is -0.658. The Bertz CT molecular complexity index is 981. The van der Waals surface area contributed by atoms with E-state index in [2.05, 4.69) is 4.98 Å². The second kappa shape index (κ2) is 8.15. The summed E-state index contributed by atoms with van der Waals surface area (Å²) >= 11 is 0. The molecule has 0 saturated heterocycles. The maximum atomic E-state index is 12.2. The molecule has 0 fully saturated rings. The predicted octanol–water partition coefficient (Wildman–Crippen LogP) is 3.93. The number of ether oxygens (including phenoxy) is 2. The molecule has 0 spiro atoms. The number of para-hydroxylation sites is 1. The number of nitrogens with zero attached hydrogens (tertiary/aromatic N) is 1. The normalized spacial score (nSPS) is 11.3. The quantitative estimate of drug-likeness (QED) is 0.318. The zero-order valence-corrected chi connectivity index (χ0v) is 14.4. The molecule has 0 aliphatic heterocycles. The number of nitriles is 1. The second-order valence-corrected chi connectivity index (χ2v) is 5.62. The molecule has 0 amide bonds. The third-order valence-electron chi connectivity index (χ3n) is 3.96. The number of benzene rings is 2. The molecular weight excluding hydrogens is 328 g/mol. The van der Waals surface area contributed by atoms with Gasteiger partial charge in [0.2, 0.25) is 0 Å². The minimum absolute atomic E-state index is 0.0527. The number of hydrogen-bond donors (Lipinski definition) is 1. The average Bonchev–Trinajstić information content (AvgIpc) is 3.05. The number of methoxy groups -OCH3 is 1. The van der Waals surface area contributed by atoms with Gasteiger partial charge in [0.25, 0.3) is 0 Å². The highest BCUT2D eigenvalue weighted by atomic mass is 16.6. The topological polar surface area (TPSA) is 75.1 Å². The molecule has 3 aromatic rings. The third-order valence-corrected chi connectivity index (χ3v) is 3.96. The molecule has 1 aromatic heterocycles. The minimum atomic E-state index is -0.658. The molecule has 0 aliphatic rings. The lowest BCUT2D eigenvalue weighted by molar-refractivity contribution is -0.139. The van der Waals surface area contributed by atoms with Gasteiger partial charge in [0.1, 0.15) is 18.2 Å². The fourth-order valence-corrected chi connectivity index (χ4v) is 2.72. The molecule has 1 heterocycles. The molecule has 0 radical (unpaired) electrons. The van der Waals surface area contributed by atoms with Crippen LogP contribution in [0.4, 0.5) is 0 Å². The Labute approximate surface area is 151 Å². The van der Waals surface area contributed by atoms with Crippen LogP contribution in [0.15, 0.2) is 60.2 Å². The van der Waals surface area contributed by atoms with Crippen molar-refractivity contribution in [2.75, 3.05) is 20.3 Å². The van der Waals surface area contributed by atoms with Crippen LogP contribution in [0.2, 0.25) is 0 Å². The van der Waals surface area contributed by atoms with Crippen molar-refractivity contribution >= 4 is 22.9 Å². The molecule has 5 heteroatoms. The largest absolute Gasteiger partial charge is 0.459 e. The average molecular weight is 346 g/mol. The fourth-order valence-electron chi connectivity index (χ4n) is 2.72. The van der Waals surface area contributed by atoms with Gasteiger partial charge in [-0.05, 0) is 17.7 Å². The van der Waals surface area contributed by atoms with E-state index in [0.29, 0.717) is 0 Å². The Balaban J connectivity index is 2.08. The van der Waals surface area contributed by atoms with Crippen LogP contribution in [0, 0.1) is 11.3 Å². The van der Waals surface area contributed by atoms with Crippen LogP contribution in [-0.2, 0) is 14.3 Å². The number of rotatable bonds is 6. The molecule has 0 unspecified atom stereocenters. The number of esters is 1. The Kier molecular flexibility index (Phi) is 5.47. The van der Waals surface area contributed by atoms with Crippen LogP contribution in [0.3, 0.4) is 0 Å². The summed E-state index contributed by atoms with van der Waals surface area (Å²) in [6.07, 6.45) is 1.58. The molecule has 130 valence electrons. The van der Waals surface area contributed by atoms with Gasteiger partial charge in [-0.3, -0.25) is 0 Å². The molecule has 0 aliphatic carbocycles. The summed E-state index contributed by atoms with van der Waals surface area (Å²) in [5.41, 5.74) is 3.49. The SMILES string of the molecule is COCCOC(=O)/C(C#N)=C/c1c(-c2ccccc2)[nH]c2ccccc12. The van der Waals surface area contributed by atoms with Crippen molar-refractivity contribution in [2.24, 2.45) is 0 Å². The van der Waals surface area contributed by atoms with E-state index < -0.39 is 5.97 Å². The van der Waals surface area contributed by atoms with Crippen molar-refractivity contribution in [3.05, 3.63) is 65.7 Å². The highest BCUT2D eigenvalue weighted by Crippen LogP contribution is 2.32. The maximum absolute atomic E-state index is 12.2. The first kappa shape index (κ1) is 17.5. The van der Waals surface area contributed by atoms with Gasteiger partial charge in [0, 0.05) is 23.6 Å². The molecule has 5 nitrogen and oxygen atoms in total. The summed E-state index contributed by atoms with van der Waals surface area (Å²) in [5, 5.41) is 10.4. The van der Waals surface area contributed by atoms with Crippen LogP contribution in [0.1, 0.15) is 5.56 Å². The number of nitrogens with one attached hydrogen (secondary N) is 1. The van der Waals surface area contributed by atoms with E-state index in [4.69, 9.17) is 9.47 Å². The van der Waals surface area contributed by atoms with Gasteiger partial charge in [0.05, 0.1) is 12.3 Å². The Morgan fingerprint density at radius 2 is 1.85 bits per heavy atom. The highest BCUT2D eigenvalue weighted by molar-refractivity contribution is 6.04. The van der Waals surface area contributed by atoms with E-state index in [1.165, 1.54) is 7.11 Å². The second-order valence-electron chi connectivity index (χ2n) is 5.62. The van der Waals surface area contributed by atoms with Gasteiger partial charge in [0.15, 0.2) is 0 Å². The monoisotopic (exact) mass is 346 g/mol. The summed E-state index contributed by atoms with van der Waals surface area (Å²) in [7, 11) is 1.52.